The second-order valence-electron chi connectivity index (χ2n) is 5.38. The van der Waals surface area contributed by atoms with Crippen molar-refractivity contribution in [3.63, 3.8) is 0 Å². The first-order valence-corrected chi connectivity index (χ1v) is 8.09. The highest BCUT2D eigenvalue weighted by atomic mass is 32.2. The maximum atomic E-state index is 12.5. The Morgan fingerprint density at radius 2 is 2.19 bits per heavy atom. The summed E-state index contributed by atoms with van der Waals surface area (Å²) in [6.07, 6.45) is -0.376. The minimum absolute atomic E-state index is 0.0237. The summed E-state index contributed by atoms with van der Waals surface area (Å²) in [6, 6.07) is 0. The van der Waals surface area contributed by atoms with Crippen LogP contribution in [-0.4, -0.2) is 59.1 Å². The normalized spacial score (nSPS) is 24.4. The Bertz CT molecular complexity index is 625. The van der Waals surface area contributed by atoms with Crippen molar-refractivity contribution >= 4 is 16.0 Å². The second kappa shape index (κ2) is 5.74. The molecule has 0 unspecified atom stereocenters. The van der Waals surface area contributed by atoms with Gasteiger partial charge in [-0.3, -0.25) is 0 Å². The lowest BCUT2D eigenvalue weighted by Gasteiger charge is -2.33. The van der Waals surface area contributed by atoms with E-state index in [1.807, 2.05) is 13.8 Å². The molecule has 2 N–H and O–H groups in total. The predicted octanol–water partition coefficient (Wildman–Crippen LogP) is 0.396. The maximum Gasteiger partial charge on any atom is 0.334 e. The molecule has 9 heteroatoms. The number of hydrogen-bond acceptors (Lipinski definition) is 5. The molecule has 2 heterocycles. The smallest absolute Gasteiger partial charge is 0.334 e. The number of rotatable bonds is 4. The van der Waals surface area contributed by atoms with Gasteiger partial charge in [-0.1, -0.05) is 13.8 Å². The van der Waals surface area contributed by atoms with E-state index in [9.17, 15) is 13.2 Å². The van der Waals surface area contributed by atoms with Gasteiger partial charge in [0.15, 0.2) is 11.1 Å². The summed E-state index contributed by atoms with van der Waals surface area (Å²) in [4.78, 5) is 17.9. The van der Waals surface area contributed by atoms with Crippen LogP contribution in [0.4, 0.5) is 0 Å². The fourth-order valence-corrected chi connectivity index (χ4v) is 3.56. The molecule has 0 aromatic carbocycles. The van der Waals surface area contributed by atoms with Gasteiger partial charge in [0.25, 0.3) is 10.0 Å². The summed E-state index contributed by atoms with van der Waals surface area (Å²) in [6.45, 7) is 5.34. The van der Waals surface area contributed by atoms with Gasteiger partial charge >= 0.3 is 5.97 Å². The number of carboxylic acids is 1. The van der Waals surface area contributed by atoms with Crippen LogP contribution in [0.1, 0.15) is 32.5 Å². The van der Waals surface area contributed by atoms with Crippen LogP contribution in [0.5, 0.6) is 0 Å². The lowest BCUT2D eigenvalue weighted by molar-refractivity contribution is -0.159. The summed E-state index contributed by atoms with van der Waals surface area (Å²) in [7, 11) is -3.80. The first-order chi connectivity index (χ1) is 9.71. The SMILES string of the molecule is CC(C)c1ncc(S(=O)(=O)N2C[C@@H](C)O[C@@H](C(=O)O)C2)[nH]1. The average molecular weight is 317 g/mol. The highest BCUT2D eigenvalue weighted by molar-refractivity contribution is 7.89. The van der Waals surface area contributed by atoms with Crippen LogP contribution in [0, 0.1) is 0 Å². The number of morpholine rings is 1. The zero-order valence-electron chi connectivity index (χ0n) is 12.1. The quantitative estimate of drug-likeness (QED) is 0.831. The van der Waals surface area contributed by atoms with Crippen molar-refractivity contribution in [2.75, 3.05) is 13.1 Å². The van der Waals surface area contributed by atoms with Crippen LogP contribution in [0.25, 0.3) is 0 Å². The van der Waals surface area contributed by atoms with Gasteiger partial charge in [-0.15, -0.1) is 0 Å². The minimum Gasteiger partial charge on any atom is -0.479 e. The number of carboxylic acid groups (broad SMARTS) is 1. The Hall–Kier alpha value is -1.45. The molecule has 118 valence electrons. The lowest BCUT2D eigenvalue weighted by Crippen LogP contribution is -2.51. The minimum atomic E-state index is -3.80. The van der Waals surface area contributed by atoms with E-state index in [0.29, 0.717) is 5.82 Å². The monoisotopic (exact) mass is 317 g/mol. The third kappa shape index (κ3) is 3.25. The van der Waals surface area contributed by atoms with Gasteiger partial charge in [-0.2, -0.15) is 4.31 Å². The van der Waals surface area contributed by atoms with E-state index in [-0.39, 0.29) is 24.0 Å². The van der Waals surface area contributed by atoms with E-state index >= 15 is 0 Å². The molecule has 1 aromatic rings. The standard InChI is InChI=1S/C12H19N3O5S/c1-7(2)11-13-4-10(14-11)21(18,19)15-5-8(3)20-9(6-15)12(16)17/h4,7-9H,5-6H2,1-3H3,(H,13,14)(H,16,17)/t8-,9-/m1/s1. The molecule has 2 atom stereocenters. The number of aromatic amines is 1. The number of aromatic nitrogens is 2. The van der Waals surface area contributed by atoms with Gasteiger partial charge in [0.2, 0.25) is 0 Å². The number of nitrogens with zero attached hydrogens (tertiary/aromatic N) is 2. The molecular weight excluding hydrogens is 298 g/mol. The van der Waals surface area contributed by atoms with Gasteiger partial charge in [0, 0.05) is 12.5 Å². The van der Waals surface area contributed by atoms with Gasteiger partial charge in [-0.05, 0) is 6.92 Å². The molecule has 0 bridgehead atoms. The molecular formula is C12H19N3O5S. The highest BCUT2D eigenvalue weighted by Gasteiger charge is 2.37. The molecule has 21 heavy (non-hydrogen) atoms. The number of H-pyrrole nitrogens is 1. The fourth-order valence-electron chi connectivity index (χ4n) is 2.13. The van der Waals surface area contributed by atoms with Gasteiger partial charge < -0.3 is 14.8 Å². The molecule has 8 nitrogen and oxygen atoms in total. The number of carbonyl (C=O) groups is 1. The largest absolute Gasteiger partial charge is 0.479 e. The van der Waals surface area contributed by atoms with Crippen molar-refractivity contribution in [1.82, 2.24) is 14.3 Å². The van der Waals surface area contributed by atoms with Gasteiger partial charge in [0.05, 0.1) is 18.8 Å². The zero-order chi connectivity index (χ0) is 15.8. The molecule has 1 fully saturated rings. The molecule has 2 rings (SSSR count). The molecule has 0 spiro atoms. The van der Waals surface area contributed by atoms with Crippen LogP contribution in [0.3, 0.4) is 0 Å². The molecule has 1 aromatic heterocycles. The van der Waals surface area contributed by atoms with E-state index in [1.165, 1.54) is 6.20 Å². The van der Waals surface area contributed by atoms with E-state index in [1.54, 1.807) is 6.92 Å². The zero-order valence-corrected chi connectivity index (χ0v) is 12.9. The third-order valence-electron chi connectivity index (χ3n) is 3.24. The topological polar surface area (TPSA) is 113 Å². The molecule has 0 amide bonds. The Morgan fingerprint density at radius 3 is 2.71 bits per heavy atom. The Morgan fingerprint density at radius 1 is 1.52 bits per heavy atom. The van der Waals surface area contributed by atoms with Crippen molar-refractivity contribution in [3.05, 3.63) is 12.0 Å². The van der Waals surface area contributed by atoms with E-state index in [4.69, 9.17) is 9.84 Å². The van der Waals surface area contributed by atoms with Crippen molar-refractivity contribution < 1.29 is 23.1 Å². The van der Waals surface area contributed by atoms with E-state index in [2.05, 4.69) is 9.97 Å². The third-order valence-corrected chi connectivity index (χ3v) is 4.98. The molecule has 0 aliphatic carbocycles. The first kappa shape index (κ1) is 15.9. The summed E-state index contributed by atoms with van der Waals surface area (Å²) >= 11 is 0. The number of hydrogen-bond donors (Lipinski definition) is 2. The van der Waals surface area contributed by atoms with Gasteiger partial charge in [-0.25, -0.2) is 18.2 Å². The average Bonchev–Trinajstić information content (AvgIpc) is 2.88. The van der Waals surface area contributed by atoms with E-state index < -0.39 is 28.2 Å². The fraction of sp³-hybridized carbons (Fsp3) is 0.667. The Labute approximate surface area is 123 Å². The summed E-state index contributed by atoms with van der Waals surface area (Å²) in [5.74, 6) is -0.525. The van der Waals surface area contributed by atoms with Crippen molar-refractivity contribution in [2.45, 2.75) is 43.9 Å². The van der Waals surface area contributed by atoms with Crippen LogP contribution in [-0.2, 0) is 19.6 Å². The van der Waals surface area contributed by atoms with E-state index in [0.717, 1.165) is 4.31 Å². The summed E-state index contributed by atoms with van der Waals surface area (Å²) < 4.78 is 31.4. The van der Waals surface area contributed by atoms with Crippen LogP contribution >= 0.6 is 0 Å². The molecule has 1 aliphatic heterocycles. The van der Waals surface area contributed by atoms with Crippen molar-refractivity contribution in [1.29, 1.82) is 0 Å². The maximum absolute atomic E-state index is 12.5. The predicted molar refractivity (Wildman–Crippen MR) is 73.4 cm³/mol. The number of ether oxygens (including phenoxy) is 1. The Balaban J connectivity index is 2.27. The van der Waals surface area contributed by atoms with Crippen molar-refractivity contribution in [2.24, 2.45) is 0 Å². The van der Waals surface area contributed by atoms with Crippen LogP contribution < -0.4 is 0 Å². The first-order valence-electron chi connectivity index (χ1n) is 6.65. The molecule has 0 radical (unpaired) electrons. The number of sulfonamides is 1. The van der Waals surface area contributed by atoms with Crippen LogP contribution in [0.15, 0.2) is 11.2 Å². The van der Waals surface area contributed by atoms with Crippen LogP contribution in [0.2, 0.25) is 0 Å². The number of aliphatic carboxylic acids is 1. The van der Waals surface area contributed by atoms with Crippen molar-refractivity contribution in [3.8, 4) is 0 Å². The summed E-state index contributed by atoms with van der Waals surface area (Å²) in [5, 5.41) is 9.00. The van der Waals surface area contributed by atoms with Gasteiger partial charge in [0.1, 0.15) is 5.82 Å². The number of nitrogens with one attached hydrogen (secondary N) is 1. The lowest BCUT2D eigenvalue weighted by atomic mass is 10.2. The number of imidazole rings is 1. The Kier molecular flexibility index (Phi) is 4.35. The molecule has 1 aliphatic rings. The summed E-state index contributed by atoms with van der Waals surface area (Å²) in [5.41, 5.74) is 0. The molecule has 1 saturated heterocycles. The highest BCUT2D eigenvalue weighted by Crippen LogP contribution is 2.21. The molecule has 0 saturated carbocycles. The second-order valence-corrected chi connectivity index (χ2v) is 7.29.